The molecule has 0 spiro atoms. The zero-order valence-electron chi connectivity index (χ0n) is 17.5. The Kier molecular flexibility index (Phi) is 13.4. The number of ether oxygens (including phenoxy) is 6. The Morgan fingerprint density at radius 2 is 0.967 bits per heavy atom. The van der Waals surface area contributed by atoms with Crippen molar-refractivity contribution in [1.82, 2.24) is 0 Å². The van der Waals surface area contributed by atoms with Crippen molar-refractivity contribution in [2.24, 2.45) is 0 Å². The van der Waals surface area contributed by atoms with Gasteiger partial charge in [-0.05, 0) is 29.8 Å². The van der Waals surface area contributed by atoms with Crippen molar-refractivity contribution in [3.63, 3.8) is 0 Å². The van der Waals surface area contributed by atoms with E-state index in [1.54, 1.807) is 12.1 Å². The predicted molar refractivity (Wildman–Crippen MR) is 116 cm³/mol. The summed E-state index contributed by atoms with van der Waals surface area (Å²) < 4.78 is 32.9. The van der Waals surface area contributed by atoms with Gasteiger partial charge in [-0.1, -0.05) is 30.3 Å². The zero-order chi connectivity index (χ0) is 21.1. The van der Waals surface area contributed by atoms with Gasteiger partial charge in [-0.3, -0.25) is 0 Å². The Hall–Kier alpha value is -2.16. The van der Waals surface area contributed by atoms with E-state index in [9.17, 15) is 0 Å². The smallest absolute Gasteiger partial charge is 0.119 e. The molecule has 2 aromatic carbocycles. The number of nitrogen functional groups attached to an aromatic ring is 1. The van der Waals surface area contributed by atoms with E-state index in [1.165, 1.54) is 0 Å². The van der Waals surface area contributed by atoms with Gasteiger partial charge in [0, 0.05) is 5.69 Å². The van der Waals surface area contributed by atoms with Gasteiger partial charge in [-0.2, -0.15) is 0 Å². The summed E-state index contributed by atoms with van der Waals surface area (Å²) in [5, 5.41) is 0. The van der Waals surface area contributed by atoms with Gasteiger partial charge >= 0.3 is 0 Å². The SMILES string of the molecule is Nc1ccc(OCCOCCOCCOCCOCCOCc2ccccc2)cc1. The molecule has 2 aromatic rings. The van der Waals surface area contributed by atoms with Crippen LogP contribution in [0, 0.1) is 0 Å². The minimum atomic E-state index is 0.490. The fraction of sp³-hybridized carbons (Fsp3) is 0.478. The second-order valence-corrected chi connectivity index (χ2v) is 6.41. The first-order valence-electron chi connectivity index (χ1n) is 10.3. The van der Waals surface area contributed by atoms with Gasteiger partial charge in [-0.15, -0.1) is 0 Å². The Morgan fingerprint density at radius 3 is 1.50 bits per heavy atom. The molecule has 0 bridgehead atoms. The molecule has 166 valence electrons. The van der Waals surface area contributed by atoms with Gasteiger partial charge in [0.1, 0.15) is 12.4 Å². The Bertz CT molecular complexity index is 638. The van der Waals surface area contributed by atoms with Crippen LogP contribution in [0.5, 0.6) is 5.75 Å². The maximum Gasteiger partial charge on any atom is 0.119 e. The lowest BCUT2D eigenvalue weighted by molar-refractivity contribution is -0.0139. The summed E-state index contributed by atoms with van der Waals surface area (Å²) in [6, 6.07) is 17.4. The second kappa shape index (κ2) is 16.6. The van der Waals surface area contributed by atoms with Gasteiger partial charge < -0.3 is 34.2 Å². The van der Waals surface area contributed by atoms with Crippen LogP contribution in [0.4, 0.5) is 5.69 Å². The van der Waals surface area contributed by atoms with Crippen LogP contribution in [-0.4, -0.2) is 66.1 Å². The molecule has 7 heteroatoms. The zero-order valence-corrected chi connectivity index (χ0v) is 17.5. The van der Waals surface area contributed by atoms with Crippen molar-refractivity contribution in [2.45, 2.75) is 6.61 Å². The van der Waals surface area contributed by atoms with Crippen LogP contribution in [0.1, 0.15) is 5.56 Å². The largest absolute Gasteiger partial charge is 0.491 e. The molecule has 2 rings (SSSR count). The molecule has 0 fully saturated rings. The van der Waals surface area contributed by atoms with Crippen LogP contribution < -0.4 is 10.5 Å². The van der Waals surface area contributed by atoms with Crippen LogP contribution in [-0.2, 0) is 30.3 Å². The highest BCUT2D eigenvalue weighted by atomic mass is 16.6. The molecule has 0 atom stereocenters. The summed E-state index contributed by atoms with van der Waals surface area (Å²) in [7, 11) is 0. The normalized spacial score (nSPS) is 10.9. The molecule has 0 aliphatic rings. The second-order valence-electron chi connectivity index (χ2n) is 6.41. The Labute approximate surface area is 179 Å². The van der Waals surface area contributed by atoms with Gasteiger partial charge in [0.25, 0.3) is 0 Å². The average molecular weight is 420 g/mol. The van der Waals surface area contributed by atoms with Crippen LogP contribution in [0.3, 0.4) is 0 Å². The minimum Gasteiger partial charge on any atom is -0.491 e. The molecule has 0 aliphatic heterocycles. The molecule has 30 heavy (non-hydrogen) atoms. The summed E-state index contributed by atoms with van der Waals surface area (Å²) in [5.41, 5.74) is 7.50. The van der Waals surface area contributed by atoms with Crippen molar-refractivity contribution < 1.29 is 28.4 Å². The maximum absolute atomic E-state index is 5.62. The van der Waals surface area contributed by atoms with E-state index < -0.39 is 0 Å². The van der Waals surface area contributed by atoms with Crippen LogP contribution in [0.15, 0.2) is 54.6 Å². The van der Waals surface area contributed by atoms with Crippen molar-refractivity contribution in [3.05, 3.63) is 60.2 Å². The highest BCUT2D eigenvalue weighted by Gasteiger charge is 1.96. The number of rotatable bonds is 18. The molecule has 0 radical (unpaired) electrons. The number of hydrogen-bond donors (Lipinski definition) is 1. The third-order valence-electron chi connectivity index (χ3n) is 3.98. The van der Waals surface area contributed by atoms with Crippen molar-refractivity contribution in [3.8, 4) is 5.75 Å². The molecule has 7 nitrogen and oxygen atoms in total. The van der Waals surface area contributed by atoms with E-state index in [-0.39, 0.29) is 0 Å². The monoisotopic (exact) mass is 419 g/mol. The lowest BCUT2D eigenvalue weighted by Gasteiger charge is -2.09. The molecule has 0 unspecified atom stereocenters. The van der Waals surface area contributed by atoms with Crippen molar-refractivity contribution in [2.75, 3.05) is 71.8 Å². The molecule has 0 amide bonds. The summed E-state index contributed by atoms with van der Waals surface area (Å²) in [4.78, 5) is 0. The third-order valence-corrected chi connectivity index (χ3v) is 3.98. The fourth-order valence-corrected chi connectivity index (χ4v) is 2.43. The summed E-state index contributed by atoms with van der Waals surface area (Å²) in [5.74, 6) is 0.782. The molecule has 0 saturated carbocycles. The summed E-state index contributed by atoms with van der Waals surface area (Å²) >= 11 is 0. The summed E-state index contributed by atoms with van der Waals surface area (Å²) in [6.45, 7) is 5.96. The number of nitrogens with two attached hydrogens (primary N) is 1. The van der Waals surface area contributed by atoms with E-state index in [4.69, 9.17) is 34.2 Å². The summed E-state index contributed by atoms with van der Waals surface area (Å²) in [6.07, 6.45) is 0. The van der Waals surface area contributed by atoms with E-state index in [1.807, 2.05) is 42.5 Å². The first kappa shape index (κ1) is 24.1. The lowest BCUT2D eigenvalue weighted by Crippen LogP contribution is -2.14. The van der Waals surface area contributed by atoms with Gasteiger partial charge in [0.2, 0.25) is 0 Å². The molecule has 0 heterocycles. The first-order valence-corrected chi connectivity index (χ1v) is 10.3. The van der Waals surface area contributed by atoms with Crippen LogP contribution in [0.2, 0.25) is 0 Å². The Balaban J connectivity index is 1.25. The predicted octanol–water partition coefficient (Wildman–Crippen LogP) is 2.93. The van der Waals surface area contributed by atoms with Gasteiger partial charge in [-0.25, -0.2) is 0 Å². The Morgan fingerprint density at radius 1 is 0.500 bits per heavy atom. The fourth-order valence-electron chi connectivity index (χ4n) is 2.43. The first-order chi connectivity index (χ1) is 14.8. The minimum absolute atomic E-state index is 0.490. The maximum atomic E-state index is 5.62. The van der Waals surface area contributed by atoms with E-state index in [0.29, 0.717) is 72.7 Å². The molecule has 2 N–H and O–H groups in total. The highest BCUT2D eigenvalue weighted by molar-refractivity contribution is 5.41. The molecule has 0 saturated heterocycles. The van der Waals surface area contributed by atoms with Gasteiger partial charge in [0.15, 0.2) is 0 Å². The lowest BCUT2D eigenvalue weighted by atomic mass is 10.2. The average Bonchev–Trinajstić information content (AvgIpc) is 2.78. The molecule has 0 aliphatic carbocycles. The van der Waals surface area contributed by atoms with Crippen LogP contribution >= 0.6 is 0 Å². The highest BCUT2D eigenvalue weighted by Crippen LogP contribution is 2.12. The van der Waals surface area contributed by atoms with E-state index in [0.717, 1.165) is 17.0 Å². The standard InChI is InChI=1S/C23H33NO6/c24-22-6-8-23(9-7-22)30-19-18-28-15-14-26-11-10-25-12-13-27-16-17-29-20-21-4-2-1-3-5-21/h1-9H,10-20,24H2. The number of hydrogen-bond acceptors (Lipinski definition) is 7. The molecule has 0 aromatic heterocycles. The van der Waals surface area contributed by atoms with Crippen LogP contribution in [0.25, 0.3) is 0 Å². The van der Waals surface area contributed by atoms with E-state index >= 15 is 0 Å². The molecular formula is C23H33NO6. The van der Waals surface area contributed by atoms with Gasteiger partial charge in [0.05, 0.1) is 66.1 Å². The van der Waals surface area contributed by atoms with E-state index in [2.05, 4.69) is 0 Å². The topological polar surface area (TPSA) is 81.4 Å². The van der Waals surface area contributed by atoms with Crippen molar-refractivity contribution >= 4 is 5.69 Å². The number of benzene rings is 2. The molecular weight excluding hydrogens is 386 g/mol. The third kappa shape index (κ3) is 12.4. The number of anilines is 1. The van der Waals surface area contributed by atoms with Crippen molar-refractivity contribution in [1.29, 1.82) is 0 Å². The quantitative estimate of drug-likeness (QED) is 0.294.